The van der Waals surface area contributed by atoms with Gasteiger partial charge < -0.3 is 15.0 Å². The van der Waals surface area contributed by atoms with E-state index in [1.165, 1.54) is 6.07 Å². The Balaban J connectivity index is 1.66. The highest BCUT2D eigenvalue weighted by molar-refractivity contribution is 7.80. The number of anilines is 1. The van der Waals surface area contributed by atoms with E-state index in [4.69, 9.17) is 22.2 Å². The minimum atomic E-state index is -4.74. The number of carbonyl (C=O) groups excluding carboxylic acids is 1. The summed E-state index contributed by atoms with van der Waals surface area (Å²) in [6.07, 6.45) is -4.20. The Morgan fingerprint density at radius 3 is 2.35 bits per heavy atom. The number of amides is 1. The van der Waals surface area contributed by atoms with Gasteiger partial charge in [-0.3, -0.25) is 9.69 Å². The van der Waals surface area contributed by atoms with Crippen LogP contribution < -0.4 is 15.0 Å². The van der Waals surface area contributed by atoms with Gasteiger partial charge in [0.15, 0.2) is 5.11 Å². The van der Waals surface area contributed by atoms with Crippen LogP contribution in [0.4, 0.5) is 18.9 Å². The Hall–Kier alpha value is -3.16. The van der Waals surface area contributed by atoms with Gasteiger partial charge >= 0.3 is 6.18 Å². The Labute approximate surface area is 221 Å². The molecule has 37 heavy (non-hydrogen) atoms. The second-order valence-electron chi connectivity index (χ2n) is 9.79. The molecule has 2 aromatic carbocycles. The number of benzene rings is 2. The molecule has 6 nitrogen and oxygen atoms in total. The molecule has 1 fully saturated rings. The first-order chi connectivity index (χ1) is 17.3. The minimum absolute atomic E-state index is 0.0191. The molecule has 0 radical (unpaired) electrons. The first-order valence-electron chi connectivity index (χ1n) is 12.0. The van der Waals surface area contributed by atoms with Gasteiger partial charge in [0, 0.05) is 18.6 Å². The molecular formula is C27H31F3N4O2S. The van der Waals surface area contributed by atoms with E-state index in [1.54, 1.807) is 24.8 Å². The molecule has 1 aliphatic heterocycles. The molecule has 0 saturated carbocycles. The lowest BCUT2D eigenvalue weighted by Crippen LogP contribution is -2.44. The van der Waals surface area contributed by atoms with Gasteiger partial charge in [-0.1, -0.05) is 26.0 Å². The molecule has 1 aliphatic rings. The minimum Gasteiger partial charge on any atom is -0.494 e. The lowest BCUT2D eigenvalue weighted by atomic mass is 10.0. The predicted molar refractivity (Wildman–Crippen MR) is 140 cm³/mol. The van der Waals surface area contributed by atoms with Gasteiger partial charge in [0.2, 0.25) is 0 Å². The molecule has 198 valence electrons. The third kappa shape index (κ3) is 6.22. The number of halogens is 3. The zero-order chi connectivity index (χ0) is 27.5. The van der Waals surface area contributed by atoms with Crippen LogP contribution in [0.1, 0.15) is 63.8 Å². The van der Waals surface area contributed by atoms with Gasteiger partial charge in [0.05, 0.1) is 29.5 Å². The maximum absolute atomic E-state index is 13.5. The number of hydrogen-bond donors (Lipinski definition) is 1. The number of nitrogens with one attached hydrogen (secondary N) is 1. The Morgan fingerprint density at radius 1 is 1.14 bits per heavy atom. The average molecular weight is 533 g/mol. The SMILES string of the molecule is CC(C)NC(C)c1ccc(OCCCN2C(=S)N(c3ccc(C#N)c(C(F)(F)F)c3)C(=O)C2(C)C)cc1. The maximum atomic E-state index is 13.5. The molecule has 0 aromatic heterocycles. The van der Waals surface area contributed by atoms with Crippen molar-refractivity contribution in [2.24, 2.45) is 0 Å². The summed E-state index contributed by atoms with van der Waals surface area (Å²) in [6.45, 7) is 10.4. The van der Waals surface area contributed by atoms with Crippen LogP contribution in [-0.2, 0) is 11.0 Å². The number of alkyl halides is 3. The Morgan fingerprint density at radius 2 is 1.78 bits per heavy atom. The summed E-state index contributed by atoms with van der Waals surface area (Å²) in [5.74, 6) is 0.287. The summed E-state index contributed by atoms with van der Waals surface area (Å²) in [5.41, 5.74) is -1.53. The van der Waals surface area contributed by atoms with Crippen LogP contribution in [0, 0.1) is 11.3 Å². The molecule has 1 atom stereocenters. The molecule has 3 rings (SSSR count). The number of thiocarbonyl (C=S) groups is 1. The van der Waals surface area contributed by atoms with Crippen LogP contribution in [0.3, 0.4) is 0 Å². The van der Waals surface area contributed by atoms with E-state index in [9.17, 15) is 18.0 Å². The van der Waals surface area contributed by atoms with E-state index in [1.807, 2.05) is 24.3 Å². The first kappa shape index (κ1) is 28.4. The largest absolute Gasteiger partial charge is 0.494 e. The van der Waals surface area contributed by atoms with Crippen LogP contribution in [0.2, 0.25) is 0 Å². The van der Waals surface area contributed by atoms with Crippen molar-refractivity contribution in [3.63, 3.8) is 0 Å². The van der Waals surface area contributed by atoms with Crippen LogP contribution in [0.15, 0.2) is 42.5 Å². The van der Waals surface area contributed by atoms with Crippen molar-refractivity contribution in [3.05, 3.63) is 59.2 Å². The third-order valence-electron chi connectivity index (χ3n) is 6.27. The van der Waals surface area contributed by atoms with Gasteiger partial charge in [-0.2, -0.15) is 18.4 Å². The molecular weight excluding hydrogens is 501 g/mol. The van der Waals surface area contributed by atoms with Gasteiger partial charge in [0.1, 0.15) is 11.3 Å². The van der Waals surface area contributed by atoms with Crippen molar-refractivity contribution in [2.75, 3.05) is 18.1 Å². The van der Waals surface area contributed by atoms with Crippen LogP contribution in [0.5, 0.6) is 5.75 Å². The second kappa shape index (κ2) is 11.1. The summed E-state index contributed by atoms with van der Waals surface area (Å²) in [5, 5.41) is 12.6. The lowest BCUT2D eigenvalue weighted by Gasteiger charge is -2.29. The highest BCUT2D eigenvalue weighted by Gasteiger charge is 2.49. The Kier molecular flexibility index (Phi) is 8.50. The van der Waals surface area contributed by atoms with Crippen molar-refractivity contribution in [1.82, 2.24) is 10.2 Å². The number of nitrogens with zero attached hydrogens (tertiary/aromatic N) is 3. The van der Waals surface area contributed by atoms with Gasteiger partial charge in [-0.25, -0.2) is 0 Å². The summed E-state index contributed by atoms with van der Waals surface area (Å²) >= 11 is 5.52. The number of hydrogen-bond acceptors (Lipinski definition) is 5. The third-order valence-corrected chi connectivity index (χ3v) is 6.67. The fraction of sp³-hybridized carbons (Fsp3) is 0.444. The predicted octanol–water partition coefficient (Wildman–Crippen LogP) is 5.82. The molecule has 10 heteroatoms. The fourth-order valence-corrected chi connectivity index (χ4v) is 4.81. The molecule has 0 spiro atoms. The quantitative estimate of drug-likeness (QED) is 0.324. The van der Waals surface area contributed by atoms with E-state index < -0.39 is 28.7 Å². The second-order valence-corrected chi connectivity index (χ2v) is 10.2. The molecule has 0 aliphatic carbocycles. The number of nitriles is 1. The summed E-state index contributed by atoms with van der Waals surface area (Å²) in [4.78, 5) is 16.0. The standard InChI is InChI=1S/C27H31F3N4O2S/c1-17(2)32-18(3)19-8-11-22(12-9-19)36-14-6-13-33-25(37)34(24(35)26(33,4)5)21-10-7-20(16-31)23(15-21)27(28,29)30/h7-12,15,17-18,32H,6,13-14H2,1-5H3. The van der Waals surface area contributed by atoms with E-state index >= 15 is 0 Å². The topological polar surface area (TPSA) is 68.6 Å². The van der Waals surface area contributed by atoms with Crippen molar-refractivity contribution in [1.29, 1.82) is 5.26 Å². The first-order valence-corrected chi connectivity index (χ1v) is 12.4. The molecule has 2 aromatic rings. The highest BCUT2D eigenvalue weighted by Crippen LogP contribution is 2.37. The van der Waals surface area contributed by atoms with Crippen molar-refractivity contribution >= 4 is 28.9 Å². The molecule has 1 saturated heterocycles. The van der Waals surface area contributed by atoms with Crippen molar-refractivity contribution in [2.45, 2.75) is 64.8 Å². The van der Waals surface area contributed by atoms with Gasteiger partial charge in [-0.05, 0) is 75.3 Å². The number of rotatable bonds is 9. The average Bonchev–Trinajstić information content (AvgIpc) is 2.99. The number of carbonyl (C=O) groups is 1. The fourth-order valence-electron chi connectivity index (χ4n) is 4.30. The van der Waals surface area contributed by atoms with Crippen LogP contribution >= 0.6 is 12.2 Å². The maximum Gasteiger partial charge on any atom is 0.417 e. The smallest absolute Gasteiger partial charge is 0.417 e. The zero-order valence-corrected chi connectivity index (χ0v) is 22.3. The van der Waals surface area contributed by atoms with E-state index in [0.29, 0.717) is 25.6 Å². The summed E-state index contributed by atoms with van der Waals surface area (Å²) in [7, 11) is 0. The monoisotopic (exact) mass is 532 g/mol. The number of ether oxygens (including phenoxy) is 1. The van der Waals surface area contributed by atoms with Crippen LogP contribution in [-0.4, -0.2) is 40.7 Å². The van der Waals surface area contributed by atoms with E-state index in [2.05, 4.69) is 26.1 Å². The lowest BCUT2D eigenvalue weighted by molar-refractivity contribution is -0.137. The molecule has 1 amide bonds. The van der Waals surface area contributed by atoms with Crippen molar-refractivity contribution < 1.29 is 22.7 Å². The summed E-state index contributed by atoms with van der Waals surface area (Å²) < 4.78 is 46.3. The van der Waals surface area contributed by atoms with E-state index in [-0.39, 0.29) is 16.8 Å². The van der Waals surface area contributed by atoms with Gasteiger partial charge in [0.25, 0.3) is 5.91 Å². The van der Waals surface area contributed by atoms with Crippen LogP contribution in [0.25, 0.3) is 0 Å². The summed E-state index contributed by atoms with van der Waals surface area (Å²) in [6, 6.07) is 13.1. The normalized spacial score (nSPS) is 16.3. The Bertz CT molecular complexity index is 1190. The van der Waals surface area contributed by atoms with Crippen molar-refractivity contribution in [3.8, 4) is 11.8 Å². The zero-order valence-electron chi connectivity index (χ0n) is 21.5. The molecule has 1 heterocycles. The highest BCUT2D eigenvalue weighted by atomic mass is 32.1. The molecule has 1 N–H and O–H groups in total. The van der Waals surface area contributed by atoms with E-state index in [0.717, 1.165) is 28.3 Å². The van der Waals surface area contributed by atoms with Gasteiger partial charge in [-0.15, -0.1) is 0 Å². The molecule has 0 bridgehead atoms. The molecule has 1 unspecified atom stereocenters.